The third-order valence-electron chi connectivity index (χ3n) is 3.45. The van der Waals surface area contributed by atoms with E-state index in [9.17, 15) is 0 Å². The minimum Gasteiger partial charge on any atom is -0.491 e. The highest BCUT2D eigenvalue weighted by Gasteiger charge is 2.03. The molecular formula is C19H24ClNO2. The molecule has 4 heteroatoms. The number of aryl methyl sites for hydroxylation is 1. The van der Waals surface area contributed by atoms with Gasteiger partial charge in [-0.25, -0.2) is 0 Å². The predicted molar refractivity (Wildman–Crippen MR) is 97.0 cm³/mol. The van der Waals surface area contributed by atoms with Crippen LogP contribution in [0.25, 0.3) is 0 Å². The van der Waals surface area contributed by atoms with Crippen molar-refractivity contribution in [3.05, 3.63) is 53.1 Å². The smallest absolute Gasteiger partial charge is 0.142 e. The maximum Gasteiger partial charge on any atom is 0.142 e. The highest BCUT2D eigenvalue weighted by atomic mass is 35.5. The van der Waals surface area contributed by atoms with Gasteiger partial charge in [-0.2, -0.15) is 0 Å². The Balaban J connectivity index is 1.82. The number of anilines is 1. The molecule has 2 aromatic carbocycles. The molecule has 124 valence electrons. The van der Waals surface area contributed by atoms with Crippen LogP contribution in [0.5, 0.6) is 11.5 Å². The summed E-state index contributed by atoms with van der Waals surface area (Å²) >= 11 is 5.95. The molecule has 0 atom stereocenters. The SMILES string of the molecule is CCCCOc1ccccc1NCCOc1ccc(Cl)cc1C. The van der Waals surface area contributed by atoms with Gasteiger partial charge in [-0.15, -0.1) is 0 Å². The van der Waals surface area contributed by atoms with E-state index in [2.05, 4.69) is 12.2 Å². The maximum absolute atomic E-state index is 5.95. The van der Waals surface area contributed by atoms with Crippen LogP contribution in [-0.2, 0) is 0 Å². The van der Waals surface area contributed by atoms with Crippen LogP contribution in [0.4, 0.5) is 5.69 Å². The molecule has 0 bridgehead atoms. The number of halogens is 1. The summed E-state index contributed by atoms with van der Waals surface area (Å²) in [5.74, 6) is 1.76. The van der Waals surface area contributed by atoms with Crippen molar-refractivity contribution in [3.63, 3.8) is 0 Å². The Kier molecular flexibility index (Phi) is 7.08. The lowest BCUT2D eigenvalue weighted by Crippen LogP contribution is -2.13. The van der Waals surface area contributed by atoms with E-state index < -0.39 is 0 Å². The number of para-hydroxylation sites is 2. The van der Waals surface area contributed by atoms with Crippen molar-refractivity contribution in [2.45, 2.75) is 26.7 Å². The third kappa shape index (κ3) is 5.68. The van der Waals surface area contributed by atoms with Crippen LogP contribution in [0.1, 0.15) is 25.3 Å². The molecule has 0 saturated heterocycles. The largest absolute Gasteiger partial charge is 0.491 e. The number of rotatable bonds is 9. The summed E-state index contributed by atoms with van der Waals surface area (Å²) in [5.41, 5.74) is 2.04. The monoisotopic (exact) mass is 333 g/mol. The fourth-order valence-corrected chi connectivity index (χ4v) is 2.41. The van der Waals surface area contributed by atoms with Gasteiger partial charge < -0.3 is 14.8 Å². The normalized spacial score (nSPS) is 10.4. The second-order valence-electron chi connectivity index (χ2n) is 5.38. The van der Waals surface area contributed by atoms with Crippen molar-refractivity contribution < 1.29 is 9.47 Å². The first-order chi connectivity index (χ1) is 11.2. The van der Waals surface area contributed by atoms with E-state index in [4.69, 9.17) is 21.1 Å². The molecule has 2 rings (SSSR count). The molecule has 0 spiro atoms. The first-order valence-corrected chi connectivity index (χ1v) is 8.43. The van der Waals surface area contributed by atoms with Crippen LogP contribution in [0.2, 0.25) is 5.02 Å². The van der Waals surface area contributed by atoms with Gasteiger partial charge in [0.2, 0.25) is 0 Å². The number of unbranched alkanes of at least 4 members (excludes halogenated alkanes) is 1. The third-order valence-corrected chi connectivity index (χ3v) is 3.69. The molecule has 2 aromatic rings. The lowest BCUT2D eigenvalue weighted by atomic mass is 10.2. The van der Waals surface area contributed by atoms with E-state index in [1.807, 2.05) is 49.4 Å². The quantitative estimate of drug-likeness (QED) is 0.630. The van der Waals surface area contributed by atoms with Crippen molar-refractivity contribution in [1.82, 2.24) is 0 Å². The van der Waals surface area contributed by atoms with Crippen LogP contribution in [0.15, 0.2) is 42.5 Å². The van der Waals surface area contributed by atoms with Gasteiger partial charge >= 0.3 is 0 Å². The molecule has 1 N–H and O–H groups in total. The van der Waals surface area contributed by atoms with E-state index in [1.165, 1.54) is 0 Å². The lowest BCUT2D eigenvalue weighted by molar-refractivity contribution is 0.309. The van der Waals surface area contributed by atoms with Gasteiger partial charge in [0, 0.05) is 11.6 Å². The number of nitrogens with one attached hydrogen (secondary N) is 1. The molecule has 0 radical (unpaired) electrons. The fourth-order valence-electron chi connectivity index (χ4n) is 2.19. The molecule has 0 heterocycles. The van der Waals surface area contributed by atoms with Crippen molar-refractivity contribution in [2.24, 2.45) is 0 Å². The molecule has 0 unspecified atom stereocenters. The Morgan fingerprint density at radius 1 is 1.00 bits per heavy atom. The Labute approximate surface area is 143 Å². The van der Waals surface area contributed by atoms with Crippen molar-refractivity contribution in [3.8, 4) is 11.5 Å². The van der Waals surface area contributed by atoms with E-state index in [1.54, 1.807) is 0 Å². The van der Waals surface area contributed by atoms with Crippen LogP contribution in [-0.4, -0.2) is 19.8 Å². The maximum atomic E-state index is 5.95. The second kappa shape index (κ2) is 9.31. The van der Waals surface area contributed by atoms with E-state index in [0.29, 0.717) is 13.2 Å². The second-order valence-corrected chi connectivity index (χ2v) is 5.82. The zero-order chi connectivity index (χ0) is 16.5. The van der Waals surface area contributed by atoms with Crippen LogP contribution < -0.4 is 14.8 Å². The van der Waals surface area contributed by atoms with Gasteiger partial charge in [-0.3, -0.25) is 0 Å². The summed E-state index contributed by atoms with van der Waals surface area (Å²) in [6, 6.07) is 13.6. The van der Waals surface area contributed by atoms with E-state index in [-0.39, 0.29) is 0 Å². The molecule has 0 saturated carbocycles. The zero-order valence-electron chi connectivity index (χ0n) is 13.8. The average molecular weight is 334 g/mol. The van der Waals surface area contributed by atoms with Gasteiger partial charge in [0.15, 0.2) is 0 Å². The van der Waals surface area contributed by atoms with E-state index in [0.717, 1.165) is 47.2 Å². The minimum absolute atomic E-state index is 0.575. The standard InChI is InChI=1S/C19H24ClNO2/c1-3-4-12-22-19-8-6-5-7-17(19)21-11-13-23-18-10-9-16(20)14-15(18)2/h5-10,14,21H,3-4,11-13H2,1-2H3. The molecule has 0 amide bonds. The van der Waals surface area contributed by atoms with Crippen LogP contribution in [0, 0.1) is 6.92 Å². The Morgan fingerprint density at radius 3 is 2.57 bits per heavy atom. The Hall–Kier alpha value is -1.87. The predicted octanol–water partition coefficient (Wildman–Crippen LogP) is 5.32. The molecule has 3 nitrogen and oxygen atoms in total. The van der Waals surface area contributed by atoms with Crippen LogP contribution >= 0.6 is 11.6 Å². The number of hydrogen-bond acceptors (Lipinski definition) is 3. The number of ether oxygens (including phenoxy) is 2. The molecule has 0 aliphatic heterocycles. The van der Waals surface area contributed by atoms with Crippen molar-refractivity contribution >= 4 is 17.3 Å². The summed E-state index contributed by atoms with van der Waals surface area (Å²) in [6.45, 7) is 6.17. The summed E-state index contributed by atoms with van der Waals surface area (Å²) in [6.07, 6.45) is 2.19. The highest BCUT2D eigenvalue weighted by Crippen LogP contribution is 2.24. The molecule has 0 aliphatic rings. The van der Waals surface area contributed by atoms with Crippen LogP contribution in [0.3, 0.4) is 0 Å². The summed E-state index contributed by atoms with van der Waals surface area (Å²) in [4.78, 5) is 0. The number of benzene rings is 2. The van der Waals surface area contributed by atoms with Crippen molar-refractivity contribution in [2.75, 3.05) is 25.1 Å². The van der Waals surface area contributed by atoms with Gasteiger partial charge in [0.1, 0.15) is 18.1 Å². The molecule has 0 aliphatic carbocycles. The van der Waals surface area contributed by atoms with E-state index >= 15 is 0 Å². The Bertz CT molecular complexity index is 616. The topological polar surface area (TPSA) is 30.5 Å². The molecule has 23 heavy (non-hydrogen) atoms. The van der Waals surface area contributed by atoms with Gasteiger partial charge in [0.05, 0.1) is 12.3 Å². The van der Waals surface area contributed by atoms with Gasteiger partial charge in [0.25, 0.3) is 0 Å². The van der Waals surface area contributed by atoms with Gasteiger partial charge in [-0.05, 0) is 49.2 Å². The molecule has 0 fully saturated rings. The summed E-state index contributed by atoms with van der Waals surface area (Å²) in [7, 11) is 0. The molecule has 0 aromatic heterocycles. The fraction of sp³-hybridized carbons (Fsp3) is 0.368. The van der Waals surface area contributed by atoms with Gasteiger partial charge in [-0.1, -0.05) is 37.1 Å². The first-order valence-electron chi connectivity index (χ1n) is 8.05. The summed E-state index contributed by atoms with van der Waals surface area (Å²) in [5, 5.41) is 4.09. The number of hydrogen-bond donors (Lipinski definition) is 1. The lowest BCUT2D eigenvalue weighted by Gasteiger charge is -2.14. The molecular weight excluding hydrogens is 310 g/mol. The average Bonchev–Trinajstić information content (AvgIpc) is 2.54. The summed E-state index contributed by atoms with van der Waals surface area (Å²) < 4.78 is 11.6. The Morgan fingerprint density at radius 2 is 1.78 bits per heavy atom. The minimum atomic E-state index is 0.575. The zero-order valence-corrected chi connectivity index (χ0v) is 14.5. The first kappa shape index (κ1) is 17.5. The van der Waals surface area contributed by atoms with Crippen molar-refractivity contribution in [1.29, 1.82) is 0 Å². The highest BCUT2D eigenvalue weighted by molar-refractivity contribution is 6.30.